The minimum atomic E-state index is -1.22. The Kier molecular flexibility index (Phi) is 78.6. The predicted molar refractivity (Wildman–Crippen MR) is 480 cm³/mol. The maximum absolute atomic E-state index is 4.84. The van der Waals surface area contributed by atoms with Crippen molar-refractivity contribution in [3.63, 3.8) is 0 Å². The van der Waals surface area contributed by atoms with Gasteiger partial charge in [0.2, 0.25) is 0 Å². The summed E-state index contributed by atoms with van der Waals surface area (Å²) in [6.45, 7) is 0. The molecule has 568 valence electrons. The first-order valence-electron chi connectivity index (χ1n) is 34.8. The van der Waals surface area contributed by atoms with Crippen LogP contribution in [0.4, 0.5) is 0 Å². The fraction of sp³-hybridized carbons (Fsp3) is 0.157. The van der Waals surface area contributed by atoms with E-state index in [-0.39, 0.29) is 390 Å². The molecule has 15 heteroatoms. The molecule has 0 fully saturated rings. The summed E-state index contributed by atoms with van der Waals surface area (Å²) in [5.74, 6) is 1.58. The molecule has 0 saturated heterocycles. The Bertz CT molecular complexity index is 4060. The van der Waals surface area contributed by atoms with Crippen LogP contribution in [0.2, 0.25) is 0 Å². The van der Waals surface area contributed by atoms with E-state index in [0.717, 1.165) is 72.7 Å². The van der Waals surface area contributed by atoms with Crippen molar-refractivity contribution in [1.82, 2.24) is 19.9 Å². The monoisotopic (exact) mass is 1650 g/mol. The van der Waals surface area contributed by atoms with Crippen LogP contribution in [0, 0.1) is 44.6 Å². The predicted octanol–water partition coefficient (Wildman–Crippen LogP) is 1.72. The van der Waals surface area contributed by atoms with Gasteiger partial charge in [0.15, 0.2) is 0 Å². The van der Waals surface area contributed by atoms with Crippen LogP contribution in [0.5, 0.6) is 0 Å². The molecule has 0 spiro atoms. The zero-order chi connectivity index (χ0) is 67.2. The molecular formula is C102H118BK2N6Na6-. The molecule has 6 nitrogen and oxygen atoms in total. The SMILES string of the molecule is C.C.C.C.C1=C[N-]C(=CCC(CC(CC(c2ccccc2)c2ccccc2)c2ccccn2)c2ccccn2)C=C1.C1=C[N-]C(=CCC(CC(CC(c2ccccc2)c2ccccc2)c2ccccn2)c2ccccn2)C=C1.[CH3-].[CH3-].[CH3-].[CH3-].[CH3-].[CH3-].[K+].[K+].[Na+].[Na+].[Na+].[Na+].[Na+].[Na+].c1ccc([B-](c2ccccc2)(c2ccccc2)c2ccccc2)cc1. The summed E-state index contributed by atoms with van der Waals surface area (Å²) in [6, 6.07) is 112. The van der Waals surface area contributed by atoms with Crippen LogP contribution in [0.25, 0.3) is 10.6 Å². The number of hydrogen-bond donors (Lipinski definition) is 0. The molecule has 117 heavy (non-hydrogen) atoms. The first-order valence-corrected chi connectivity index (χ1v) is 34.8. The van der Waals surface area contributed by atoms with Crippen molar-refractivity contribution in [3.05, 3.63) is 513 Å². The molecule has 0 N–H and O–H groups in total. The topological polar surface area (TPSA) is 79.8 Å². The molecule has 2 aliphatic rings. The summed E-state index contributed by atoms with van der Waals surface area (Å²) in [6.07, 6.45) is 32.3. The average molecular weight is 1660 g/mol. The van der Waals surface area contributed by atoms with Gasteiger partial charge in [-0.2, -0.15) is 34.3 Å². The first kappa shape index (κ1) is 128. The van der Waals surface area contributed by atoms with E-state index < -0.39 is 6.15 Å². The van der Waals surface area contributed by atoms with Crippen molar-refractivity contribution in [1.29, 1.82) is 0 Å². The molecule has 0 amide bonds. The fourth-order valence-electron chi connectivity index (χ4n) is 14.4. The minimum Gasteiger partial charge on any atom is -0.664 e. The Labute approximate surface area is 928 Å². The van der Waals surface area contributed by atoms with Crippen LogP contribution in [0.1, 0.15) is 149 Å². The van der Waals surface area contributed by atoms with Crippen molar-refractivity contribution < 1.29 is 280 Å². The van der Waals surface area contributed by atoms with Crippen LogP contribution >= 0.6 is 0 Å². The first-order chi connectivity index (χ1) is 49.2. The quantitative estimate of drug-likeness (QED) is 0.0684. The Morgan fingerprint density at radius 3 is 0.675 bits per heavy atom. The standard InChI is InChI=1S/2C34H32N3.C24H20B.4CH4.6CH3.2K.6Na/c2*1-3-13-27(14-4-1)32(28-15-5-2-6-16-28)26-30(34-19-9-12-24-37-34)25-29(33-18-8-11-23-36-33)20-21-31-17-7-10-22-35-31;1-5-13-21(14-6-1)25(22-15-7-2-8-16-22,23-17-9-3-10-18-23)24-19-11-4-12-20-24;;;;;;;;;;;;;;;;;;/h2*1-19,21-24,29-30,32H,20,25-26H2;1-20H;4*1H4;6*1H3;;;;;;;;/q3*-1;;;;;6*-1;8*+1. The molecule has 0 bridgehead atoms. The molecule has 14 rings (SSSR count). The van der Waals surface area contributed by atoms with Gasteiger partial charge in [-0.05, 0) is 109 Å². The number of hydrogen-bond acceptors (Lipinski definition) is 4. The van der Waals surface area contributed by atoms with Gasteiger partial charge in [0.05, 0.1) is 0 Å². The molecular weight excluding hydrogens is 1540 g/mol. The zero-order valence-electron chi connectivity index (χ0n) is 70.1. The van der Waals surface area contributed by atoms with E-state index in [1.54, 1.807) is 0 Å². The van der Waals surface area contributed by atoms with Gasteiger partial charge >= 0.3 is 280 Å². The molecule has 4 aromatic heterocycles. The maximum atomic E-state index is 4.84. The Hall–Kier alpha value is -2.26. The van der Waals surface area contributed by atoms with Crippen LogP contribution in [-0.4, -0.2) is 26.1 Å². The normalized spacial score (nSPS) is 12.2. The van der Waals surface area contributed by atoms with Crippen LogP contribution in [-0.2, 0) is 0 Å². The maximum Gasteiger partial charge on any atom is 1.00 e. The third kappa shape index (κ3) is 38.6. The van der Waals surface area contributed by atoms with Gasteiger partial charge in [-0.15, -0.1) is 11.4 Å². The second-order valence-electron chi connectivity index (χ2n) is 25.4. The number of aromatic nitrogens is 4. The Morgan fingerprint density at radius 1 is 0.256 bits per heavy atom. The number of rotatable bonds is 24. The van der Waals surface area contributed by atoms with E-state index >= 15 is 0 Å². The van der Waals surface area contributed by atoms with Crippen molar-refractivity contribution in [3.8, 4) is 0 Å². The smallest absolute Gasteiger partial charge is 0.664 e. The van der Waals surface area contributed by atoms with E-state index in [9.17, 15) is 0 Å². The second kappa shape index (κ2) is 72.0. The van der Waals surface area contributed by atoms with Gasteiger partial charge in [-0.1, -0.05) is 345 Å². The molecule has 0 saturated carbocycles. The van der Waals surface area contributed by atoms with Gasteiger partial charge in [0.1, 0.15) is 6.15 Å². The van der Waals surface area contributed by atoms with Gasteiger partial charge in [-0.3, -0.25) is 19.9 Å². The number of pyridine rings is 4. The van der Waals surface area contributed by atoms with E-state index in [1.165, 1.54) is 44.1 Å². The summed E-state index contributed by atoms with van der Waals surface area (Å²) in [5.41, 5.74) is 17.2. The minimum absolute atomic E-state index is 0. The summed E-state index contributed by atoms with van der Waals surface area (Å²) in [4.78, 5) is 19.2. The van der Waals surface area contributed by atoms with Crippen molar-refractivity contribution in [2.45, 2.75) is 104 Å². The third-order valence-electron chi connectivity index (χ3n) is 19.2. The van der Waals surface area contributed by atoms with Crippen molar-refractivity contribution in [2.24, 2.45) is 0 Å². The van der Waals surface area contributed by atoms with E-state index in [2.05, 4.69) is 326 Å². The van der Waals surface area contributed by atoms with E-state index in [4.69, 9.17) is 19.9 Å². The summed E-state index contributed by atoms with van der Waals surface area (Å²) in [7, 11) is 0. The molecule has 8 aromatic carbocycles. The molecule has 4 atom stereocenters. The van der Waals surface area contributed by atoms with Crippen LogP contribution in [0.3, 0.4) is 0 Å². The van der Waals surface area contributed by atoms with Crippen molar-refractivity contribution >= 4 is 28.0 Å². The van der Waals surface area contributed by atoms with Gasteiger partial charge in [0, 0.05) is 83.1 Å². The molecule has 0 aliphatic carbocycles. The zero-order valence-corrected chi connectivity index (χ0v) is 88.3. The Balaban J connectivity index is -0.000000292. The van der Waals surface area contributed by atoms with Crippen LogP contribution in [0.15, 0.2) is 413 Å². The average Bonchev–Trinajstić information content (AvgIpc) is 0.737. The van der Waals surface area contributed by atoms with Gasteiger partial charge < -0.3 is 55.2 Å². The fourth-order valence-corrected chi connectivity index (χ4v) is 14.4. The molecule has 12 aromatic rings. The number of benzene rings is 8. The summed E-state index contributed by atoms with van der Waals surface area (Å²) < 4.78 is 0. The molecule has 4 unspecified atom stereocenters. The third-order valence-corrected chi connectivity index (χ3v) is 19.2. The molecule has 2 aliphatic heterocycles. The summed E-state index contributed by atoms with van der Waals surface area (Å²) >= 11 is 0. The molecule has 0 radical (unpaired) electrons. The number of nitrogens with zero attached hydrogens (tertiary/aromatic N) is 6. The largest absolute Gasteiger partial charge is 1.00 e. The molecule has 6 heterocycles. The van der Waals surface area contributed by atoms with Crippen molar-refractivity contribution in [2.75, 3.05) is 0 Å². The van der Waals surface area contributed by atoms with E-state index in [0.29, 0.717) is 0 Å². The number of allylic oxidation sites excluding steroid dienone is 8. The Morgan fingerprint density at radius 2 is 0.470 bits per heavy atom. The van der Waals surface area contributed by atoms with Gasteiger partial charge in [-0.25, -0.2) is 0 Å². The van der Waals surface area contributed by atoms with Gasteiger partial charge in [0.25, 0.3) is 0 Å². The summed E-state index contributed by atoms with van der Waals surface area (Å²) in [5, 5.41) is 9.04. The second-order valence-corrected chi connectivity index (χ2v) is 25.4. The van der Waals surface area contributed by atoms with E-state index in [1.807, 2.05) is 85.8 Å². The van der Waals surface area contributed by atoms with Crippen LogP contribution < -0.4 is 302 Å².